The van der Waals surface area contributed by atoms with Crippen molar-refractivity contribution < 1.29 is 18.3 Å². The zero-order valence-electron chi connectivity index (χ0n) is 22.6. The van der Waals surface area contributed by atoms with Gasteiger partial charge >= 0.3 is 0 Å². The molecule has 0 saturated heterocycles. The van der Waals surface area contributed by atoms with E-state index >= 15 is 0 Å². The maximum absolute atomic E-state index is 13.7. The monoisotopic (exact) mass is 527 g/mol. The predicted octanol–water partition coefficient (Wildman–Crippen LogP) is 4.81. The number of benzene rings is 1. The molecule has 0 amide bonds. The summed E-state index contributed by atoms with van der Waals surface area (Å²) in [7, 11) is -3.33. The van der Waals surface area contributed by atoms with Gasteiger partial charge in [-0.1, -0.05) is 13.8 Å². The molecule has 37 heavy (non-hydrogen) atoms. The summed E-state index contributed by atoms with van der Waals surface area (Å²) in [5, 5.41) is 19.7. The molecular formula is C29H41N3O4S. The highest BCUT2D eigenvalue weighted by atomic mass is 32.2. The second-order valence-electron chi connectivity index (χ2n) is 13.7. The molecule has 0 unspecified atom stereocenters. The van der Waals surface area contributed by atoms with Gasteiger partial charge in [0.05, 0.1) is 10.5 Å². The van der Waals surface area contributed by atoms with Gasteiger partial charge < -0.3 is 5.11 Å². The van der Waals surface area contributed by atoms with Crippen LogP contribution >= 0.6 is 0 Å². The van der Waals surface area contributed by atoms with Crippen LogP contribution in [0.25, 0.3) is 11.0 Å². The highest BCUT2D eigenvalue weighted by Crippen LogP contribution is 2.68. The molecule has 8 heteroatoms. The molecule has 0 bridgehead atoms. The van der Waals surface area contributed by atoms with Gasteiger partial charge in [0.15, 0.2) is 15.6 Å². The minimum atomic E-state index is -3.33. The van der Waals surface area contributed by atoms with Crippen LogP contribution in [0.4, 0.5) is 0 Å². The molecule has 4 aliphatic carbocycles. The number of nitrogens with zero attached hydrogens (tertiary/aromatic N) is 3. The number of carbonyl (C=O) groups excluding carboxylic acids is 1. The lowest BCUT2D eigenvalue weighted by atomic mass is 9.44. The molecule has 0 radical (unpaired) electrons. The number of hydrogen-bond donors (Lipinski definition) is 1. The molecule has 1 heterocycles. The molecule has 1 N–H and O–H groups in total. The van der Waals surface area contributed by atoms with Crippen LogP contribution in [-0.2, 0) is 21.2 Å². The smallest absolute Gasteiger partial charge is 0.175 e. The quantitative estimate of drug-likeness (QED) is 0.612. The van der Waals surface area contributed by atoms with Gasteiger partial charge in [-0.25, -0.2) is 8.42 Å². The summed E-state index contributed by atoms with van der Waals surface area (Å²) in [6.45, 7) is 7.03. The Balaban J connectivity index is 1.20. The van der Waals surface area contributed by atoms with Crippen molar-refractivity contribution in [3.63, 3.8) is 0 Å². The molecule has 1 aromatic carbocycles. The number of Topliss-reactive ketones (excluding diaryl/α,β-unsaturated/α-hetero) is 1. The number of aromatic nitrogens is 3. The second kappa shape index (κ2) is 8.35. The van der Waals surface area contributed by atoms with Gasteiger partial charge in [-0.3, -0.25) is 4.79 Å². The van der Waals surface area contributed by atoms with Crippen molar-refractivity contribution in [1.29, 1.82) is 0 Å². The van der Waals surface area contributed by atoms with Crippen molar-refractivity contribution in [3.05, 3.63) is 18.2 Å². The summed E-state index contributed by atoms with van der Waals surface area (Å²) in [6.07, 6.45) is 10.9. The van der Waals surface area contributed by atoms with Crippen molar-refractivity contribution in [2.75, 3.05) is 6.26 Å². The third-order valence-corrected chi connectivity index (χ3v) is 12.6. The average Bonchev–Trinajstić information content (AvgIpc) is 3.38. The fourth-order valence-electron chi connectivity index (χ4n) is 9.45. The molecule has 4 fully saturated rings. The topological polar surface area (TPSA) is 102 Å². The average molecular weight is 528 g/mol. The number of fused-ring (bicyclic) bond motifs is 6. The van der Waals surface area contributed by atoms with E-state index in [1.54, 1.807) is 12.1 Å². The SMILES string of the molecule is C[C@@]1(O)CC[C@@]2(C)[C@H](CC[C@@H]3[C@@H]2CC[C@]2(C)[C@@H](C(=O)Cn4nc5ccc(S(C)(=O)=O)cc5n4)CC[C@@H]32)C1. The highest BCUT2D eigenvalue weighted by molar-refractivity contribution is 7.90. The Kier molecular flexibility index (Phi) is 5.75. The Morgan fingerprint density at radius 1 is 0.973 bits per heavy atom. The third kappa shape index (κ3) is 4.08. The van der Waals surface area contributed by atoms with Crippen LogP contribution in [0.2, 0.25) is 0 Å². The van der Waals surface area contributed by atoms with Crippen LogP contribution < -0.4 is 0 Å². The van der Waals surface area contributed by atoms with Gasteiger partial charge in [-0.15, -0.1) is 0 Å². The molecule has 6 rings (SSSR count). The molecule has 202 valence electrons. The normalized spacial score (nSPS) is 41.7. The van der Waals surface area contributed by atoms with Crippen LogP contribution in [-0.4, -0.2) is 46.2 Å². The zero-order valence-corrected chi connectivity index (χ0v) is 23.4. The Labute approximate surface area is 220 Å². The van der Waals surface area contributed by atoms with Crippen LogP contribution in [0.15, 0.2) is 23.1 Å². The summed E-state index contributed by atoms with van der Waals surface area (Å²) in [5.41, 5.74) is 0.940. The van der Waals surface area contributed by atoms with E-state index in [1.165, 1.54) is 36.4 Å². The summed E-state index contributed by atoms with van der Waals surface area (Å²) in [4.78, 5) is 15.3. The number of sulfone groups is 1. The van der Waals surface area contributed by atoms with Gasteiger partial charge in [0.2, 0.25) is 0 Å². The second-order valence-corrected chi connectivity index (χ2v) is 15.7. The first-order valence-electron chi connectivity index (χ1n) is 14.1. The lowest BCUT2D eigenvalue weighted by molar-refractivity contribution is -0.151. The summed E-state index contributed by atoms with van der Waals surface area (Å²) in [5.74, 6) is 2.82. The van der Waals surface area contributed by atoms with Crippen LogP contribution in [0.5, 0.6) is 0 Å². The maximum Gasteiger partial charge on any atom is 0.175 e. The van der Waals surface area contributed by atoms with Crippen molar-refractivity contribution in [2.45, 2.75) is 95.6 Å². The minimum Gasteiger partial charge on any atom is -0.390 e. The van der Waals surface area contributed by atoms with Gasteiger partial charge in [0.1, 0.15) is 17.6 Å². The fraction of sp³-hybridized carbons (Fsp3) is 0.759. The zero-order chi connectivity index (χ0) is 26.4. The van der Waals surface area contributed by atoms with Crippen molar-refractivity contribution in [2.24, 2.45) is 40.4 Å². The lowest BCUT2D eigenvalue weighted by Crippen LogP contribution is -2.55. The Morgan fingerprint density at radius 3 is 2.46 bits per heavy atom. The fourth-order valence-corrected chi connectivity index (χ4v) is 10.1. The molecule has 4 saturated carbocycles. The molecule has 0 spiro atoms. The summed E-state index contributed by atoms with van der Waals surface area (Å²) < 4.78 is 23.8. The van der Waals surface area contributed by atoms with Crippen molar-refractivity contribution in [1.82, 2.24) is 15.0 Å². The maximum atomic E-state index is 13.7. The van der Waals surface area contributed by atoms with E-state index in [2.05, 4.69) is 24.0 Å². The van der Waals surface area contributed by atoms with E-state index in [1.807, 2.05) is 6.92 Å². The molecule has 0 aliphatic heterocycles. The standard InChI is InChI=1S/C29H41N3O4S/c1-27(34)13-14-28(2)18(16-27)5-7-20-21-8-9-23(29(21,3)12-11-22(20)28)26(33)17-32-30-24-10-6-19(37(4,35)36)15-25(24)31-32/h6,10,15,18,20-23,34H,5,7-9,11-14,16-17H2,1-4H3/t18-,20+,21+,22+,23-,27-,28+,29+/m1/s1. The number of hydrogen-bond acceptors (Lipinski definition) is 6. The molecule has 2 aromatic rings. The Bertz CT molecular complexity index is 1350. The largest absolute Gasteiger partial charge is 0.390 e. The molecule has 7 nitrogen and oxygen atoms in total. The molecular weight excluding hydrogens is 486 g/mol. The minimum absolute atomic E-state index is 0.0248. The molecule has 1 aromatic heterocycles. The first kappa shape index (κ1) is 25.5. The van der Waals surface area contributed by atoms with Crippen LogP contribution in [0.3, 0.4) is 0 Å². The number of carbonyl (C=O) groups is 1. The van der Waals surface area contributed by atoms with Crippen molar-refractivity contribution >= 4 is 26.7 Å². The summed E-state index contributed by atoms with van der Waals surface area (Å²) >= 11 is 0. The highest BCUT2D eigenvalue weighted by Gasteiger charge is 2.61. The van der Waals surface area contributed by atoms with Gasteiger partial charge in [0, 0.05) is 12.2 Å². The first-order valence-corrected chi connectivity index (χ1v) is 16.0. The predicted molar refractivity (Wildman–Crippen MR) is 141 cm³/mol. The van der Waals surface area contributed by atoms with E-state index in [4.69, 9.17) is 0 Å². The molecule has 4 aliphatic rings. The van der Waals surface area contributed by atoms with Gasteiger partial charge in [-0.05, 0) is 117 Å². The van der Waals surface area contributed by atoms with E-state index in [0.717, 1.165) is 38.5 Å². The lowest BCUT2D eigenvalue weighted by Gasteiger charge is -2.61. The number of ketones is 1. The van der Waals surface area contributed by atoms with E-state index in [0.29, 0.717) is 40.1 Å². The first-order chi connectivity index (χ1) is 17.3. The summed E-state index contributed by atoms with van der Waals surface area (Å²) in [6, 6.07) is 4.74. The van der Waals surface area contributed by atoms with Crippen LogP contribution in [0, 0.1) is 40.4 Å². The number of rotatable bonds is 4. The van der Waals surface area contributed by atoms with Crippen LogP contribution in [0.1, 0.15) is 78.6 Å². The van der Waals surface area contributed by atoms with E-state index < -0.39 is 15.4 Å². The molecule has 8 atom stereocenters. The third-order valence-electron chi connectivity index (χ3n) is 11.5. The van der Waals surface area contributed by atoms with Gasteiger partial charge in [0.25, 0.3) is 0 Å². The van der Waals surface area contributed by atoms with Crippen molar-refractivity contribution in [3.8, 4) is 0 Å². The van der Waals surface area contributed by atoms with Gasteiger partial charge in [-0.2, -0.15) is 15.0 Å². The Morgan fingerprint density at radius 2 is 1.70 bits per heavy atom. The Hall–Kier alpha value is -1.80. The van der Waals surface area contributed by atoms with E-state index in [9.17, 15) is 18.3 Å². The van der Waals surface area contributed by atoms with E-state index in [-0.39, 0.29) is 28.6 Å². The number of aliphatic hydroxyl groups is 1.